The van der Waals surface area contributed by atoms with Crippen molar-refractivity contribution >= 4 is 0 Å². The second kappa shape index (κ2) is 2.89. The molecule has 0 aliphatic carbocycles. The molecule has 2 nitrogen and oxygen atoms in total. The Morgan fingerprint density at radius 1 is 1.10 bits per heavy atom. The maximum absolute atomic E-state index is 5.42. The summed E-state index contributed by atoms with van der Waals surface area (Å²) in [6, 6.07) is 0. The topological polar surface area (TPSA) is 18.5 Å². The van der Waals surface area contributed by atoms with E-state index in [1.54, 1.807) is 0 Å². The lowest BCUT2D eigenvalue weighted by atomic mass is 9.95. The van der Waals surface area contributed by atoms with E-state index in [0.717, 1.165) is 19.6 Å². The molecule has 0 saturated carbocycles. The highest BCUT2D eigenvalue weighted by atomic mass is 16.7. The molecule has 10 heavy (non-hydrogen) atoms. The molecule has 0 atom stereocenters. The van der Waals surface area contributed by atoms with Gasteiger partial charge in [-0.1, -0.05) is 20.8 Å². The highest BCUT2D eigenvalue weighted by Crippen LogP contribution is 2.25. The van der Waals surface area contributed by atoms with Crippen molar-refractivity contribution < 1.29 is 9.47 Å². The highest BCUT2D eigenvalue weighted by Gasteiger charge is 2.27. The van der Waals surface area contributed by atoms with Gasteiger partial charge in [-0.2, -0.15) is 0 Å². The number of rotatable bonds is 0. The molecule has 0 aromatic rings. The van der Waals surface area contributed by atoms with Crippen molar-refractivity contribution in [1.29, 1.82) is 0 Å². The molecule has 1 saturated heterocycles. The lowest BCUT2D eigenvalue weighted by Crippen LogP contribution is -2.36. The Labute approximate surface area is 62.5 Å². The van der Waals surface area contributed by atoms with Crippen LogP contribution in [0.5, 0.6) is 0 Å². The molecule has 0 N–H and O–H groups in total. The van der Waals surface area contributed by atoms with Gasteiger partial charge in [-0.25, -0.2) is 0 Å². The molecule has 2 heteroatoms. The minimum Gasteiger partial charge on any atom is -0.352 e. The van der Waals surface area contributed by atoms with Crippen LogP contribution in [-0.2, 0) is 9.47 Å². The van der Waals surface area contributed by atoms with Crippen molar-refractivity contribution in [2.75, 3.05) is 13.2 Å². The molecule has 0 bridgehead atoms. The van der Waals surface area contributed by atoms with E-state index in [4.69, 9.17) is 9.47 Å². The monoisotopic (exact) mass is 144 g/mol. The molecule has 0 spiro atoms. The largest absolute Gasteiger partial charge is 0.352 e. The van der Waals surface area contributed by atoms with Crippen LogP contribution in [0.25, 0.3) is 0 Å². The molecule has 0 amide bonds. The average molecular weight is 144 g/mol. The minimum atomic E-state index is 0.00116. The Bertz CT molecular complexity index is 98.3. The molecular weight excluding hydrogens is 128 g/mol. The van der Waals surface area contributed by atoms with Crippen molar-refractivity contribution in [3.8, 4) is 0 Å². The van der Waals surface area contributed by atoms with Gasteiger partial charge in [-0.05, 0) is 6.42 Å². The lowest BCUT2D eigenvalue weighted by molar-refractivity contribution is -0.224. The maximum atomic E-state index is 5.42. The fraction of sp³-hybridized carbons (Fsp3) is 1.00. The molecule has 1 aliphatic rings. The molecule has 60 valence electrons. The van der Waals surface area contributed by atoms with Gasteiger partial charge in [0, 0.05) is 5.41 Å². The van der Waals surface area contributed by atoms with Gasteiger partial charge < -0.3 is 9.47 Å². The van der Waals surface area contributed by atoms with Gasteiger partial charge in [0.1, 0.15) is 0 Å². The summed E-state index contributed by atoms with van der Waals surface area (Å²) in [7, 11) is 0. The molecular formula is C8H16O2. The average Bonchev–Trinajstić information content (AvgIpc) is 1.88. The van der Waals surface area contributed by atoms with Crippen LogP contribution in [0.2, 0.25) is 0 Å². The zero-order chi connectivity index (χ0) is 7.61. The van der Waals surface area contributed by atoms with Crippen molar-refractivity contribution in [1.82, 2.24) is 0 Å². The van der Waals surface area contributed by atoms with Crippen LogP contribution in [0.15, 0.2) is 0 Å². The highest BCUT2D eigenvalue weighted by molar-refractivity contribution is 4.68. The van der Waals surface area contributed by atoms with Crippen molar-refractivity contribution in [3.05, 3.63) is 0 Å². The van der Waals surface area contributed by atoms with Gasteiger partial charge in [0.15, 0.2) is 6.29 Å². The zero-order valence-electron chi connectivity index (χ0n) is 7.02. The molecule has 0 radical (unpaired) electrons. The number of hydrogen-bond acceptors (Lipinski definition) is 2. The minimum absolute atomic E-state index is 0.00116. The van der Waals surface area contributed by atoms with Gasteiger partial charge in [-0.15, -0.1) is 0 Å². The van der Waals surface area contributed by atoms with Gasteiger partial charge in [0.2, 0.25) is 0 Å². The first-order chi connectivity index (χ1) is 4.61. The number of ether oxygens (including phenoxy) is 2. The van der Waals surface area contributed by atoms with E-state index in [2.05, 4.69) is 20.8 Å². The molecule has 0 unspecified atom stereocenters. The van der Waals surface area contributed by atoms with E-state index in [0.29, 0.717) is 0 Å². The second-order valence-corrected chi connectivity index (χ2v) is 3.79. The number of hydrogen-bond donors (Lipinski definition) is 0. The van der Waals surface area contributed by atoms with Crippen LogP contribution in [0.3, 0.4) is 0 Å². The summed E-state index contributed by atoms with van der Waals surface area (Å²) in [6.45, 7) is 8.08. The quantitative estimate of drug-likeness (QED) is 0.516. The Morgan fingerprint density at radius 3 is 1.90 bits per heavy atom. The first-order valence-electron chi connectivity index (χ1n) is 3.84. The Morgan fingerprint density at radius 2 is 1.60 bits per heavy atom. The van der Waals surface area contributed by atoms with E-state index < -0.39 is 0 Å². The molecule has 1 aliphatic heterocycles. The van der Waals surface area contributed by atoms with Gasteiger partial charge in [-0.3, -0.25) is 0 Å². The summed E-state index contributed by atoms with van der Waals surface area (Å²) < 4.78 is 10.8. The fourth-order valence-electron chi connectivity index (χ4n) is 0.988. The van der Waals surface area contributed by atoms with Gasteiger partial charge >= 0.3 is 0 Å². The SMILES string of the molecule is CC(C)(C)C1OCCCO1. The lowest BCUT2D eigenvalue weighted by Gasteiger charge is -2.33. The fourth-order valence-corrected chi connectivity index (χ4v) is 0.988. The molecule has 1 heterocycles. The third-order valence-electron chi connectivity index (χ3n) is 1.53. The van der Waals surface area contributed by atoms with E-state index in [1.165, 1.54) is 0 Å². The van der Waals surface area contributed by atoms with Crippen LogP contribution in [0.4, 0.5) is 0 Å². The maximum Gasteiger partial charge on any atom is 0.162 e. The third-order valence-corrected chi connectivity index (χ3v) is 1.53. The summed E-state index contributed by atoms with van der Waals surface area (Å²) in [5, 5.41) is 0. The normalized spacial score (nSPS) is 23.1. The van der Waals surface area contributed by atoms with Crippen molar-refractivity contribution in [2.45, 2.75) is 33.5 Å². The van der Waals surface area contributed by atoms with Crippen molar-refractivity contribution in [2.24, 2.45) is 5.41 Å². The van der Waals surface area contributed by atoms with Crippen LogP contribution < -0.4 is 0 Å². The summed E-state index contributed by atoms with van der Waals surface area (Å²) in [5.41, 5.74) is 0.125. The van der Waals surface area contributed by atoms with Crippen LogP contribution in [0.1, 0.15) is 27.2 Å². The van der Waals surface area contributed by atoms with Crippen LogP contribution >= 0.6 is 0 Å². The van der Waals surface area contributed by atoms with Gasteiger partial charge in [0.05, 0.1) is 13.2 Å². The molecule has 1 rings (SSSR count). The molecule has 0 aromatic carbocycles. The predicted molar refractivity (Wildman–Crippen MR) is 39.8 cm³/mol. The first-order valence-corrected chi connectivity index (χ1v) is 3.84. The van der Waals surface area contributed by atoms with Gasteiger partial charge in [0.25, 0.3) is 0 Å². The van der Waals surface area contributed by atoms with E-state index in [9.17, 15) is 0 Å². The first kappa shape index (κ1) is 8.02. The standard InChI is InChI=1S/C8H16O2/c1-8(2,3)7-9-5-4-6-10-7/h7H,4-6H2,1-3H3. The summed E-state index contributed by atoms with van der Waals surface area (Å²) >= 11 is 0. The smallest absolute Gasteiger partial charge is 0.162 e. The van der Waals surface area contributed by atoms with Crippen molar-refractivity contribution in [3.63, 3.8) is 0 Å². The summed E-state index contributed by atoms with van der Waals surface area (Å²) in [4.78, 5) is 0. The van der Waals surface area contributed by atoms with Crippen LogP contribution in [-0.4, -0.2) is 19.5 Å². The Hall–Kier alpha value is -0.0800. The van der Waals surface area contributed by atoms with E-state index in [-0.39, 0.29) is 11.7 Å². The van der Waals surface area contributed by atoms with E-state index in [1.807, 2.05) is 0 Å². The second-order valence-electron chi connectivity index (χ2n) is 3.79. The van der Waals surface area contributed by atoms with Crippen LogP contribution in [0, 0.1) is 5.41 Å². The summed E-state index contributed by atoms with van der Waals surface area (Å²) in [6.07, 6.45) is 1.04. The molecule has 1 fully saturated rings. The van der Waals surface area contributed by atoms with E-state index >= 15 is 0 Å². The summed E-state index contributed by atoms with van der Waals surface area (Å²) in [5.74, 6) is 0. The Kier molecular flexibility index (Phi) is 2.32. The Balaban J connectivity index is 2.39. The predicted octanol–water partition coefficient (Wildman–Crippen LogP) is 1.80. The third kappa shape index (κ3) is 1.96. The zero-order valence-corrected chi connectivity index (χ0v) is 7.02. The molecule has 0 aromatic heterocycles.